The molecular formula is C11H14N4O. The second kappa shape index (κ2) is 4.65. The molecule has 2 N–H and O–H groups in total. The Kier molecular flexibility index (Phi) is 3.05. The van der Waals surface area contributed by atoms with E-state index in [1.165, 1.54) is 0 Å². The number of hydrogen-bond donors (Lipinski definition) is 1. The van der Waals surface area contributed by atoms with Crippen molar-refractivity contribution in [3.8, 4) is 5.75 Å². The van der Waals surface area contributed by atoms with Gasteiger partial charge in [-0.25, -0.2) is 4.98 Å². The van der Waals surface area contributed by atoms with E-state index < -0.39 is 0 Å². The van der Waals surface area contributed by atoms with Crippen molar-refractivity contribution in [2.24, 2.45) is 0 Å². The second-order valence-electron chi connectivity index (χ2n) is 3.32. The van der Waals surface area contributed by atoms with Crippen molar-refractivity contribution in [1.29, 1.82) is 0 Å². The maximum Gasteiger partial charge on any atom is 0.148 e. The third-order valence-electron chi connectivity index (χ3n) is 2.29. The van der Waals surface area contributed by atoms with Crippen LogP contribution < -0.4 is 10.5 Å². The summed E-state index contributed by atoms with van der Waals surface area (Å²) < 4.78 is 7.46. The number of ether oxygens (including phenoxy) is 1. The zero-order chi connectivity index (χ0) is 11.4. The molecule has 0 aliphatic carbocycles. The SMILES string of the molecule is CCn1c(N)cnc1COc1cccnc1. The molecule has 5 heteroatoms. The molecule has 2 aromatic heterocycles. The van der Waals surface area contributed by atoms with Crippen LogP contribution in [0.2, 0.25) is 0 Å². The number of nitrogen functional groups attached to an aromatic ring is 1. The van der Waals surface area contributed by atoms with Crippen LogP contribution in [0.25, 0.3) is 0 Å². The van der Waals surface area contributed by atoms with E-state index >= 15 is 0 Å². The van der Waals surface area contributed by atoms with Gasteiger partial charge in [-0.05, 0) is 19.1 Å². The van der Waals surface area contributed by atoms with Crippen LogP contribution in [0.1, 0.15) is 12.7 Å². The van der Waals surface area contributed by atoms with E-state index in [2.05, 4.69) is 9.97 Å². The van der Waals surface area contributed by atoms with Crippen LogP contribution in [0.5, 0.6) is 5.75 Å². The minimum atomic E-state index is 0.400. The van der Waals surface area contributed by atoms with Gasteiger partial charge in [0.1, 0.15) is 24.0 Å². The van der Waals surface area contributed by atoms with Gasteiger partial charge in [0.2, 0.25) is 0 Å². The Balaban J connectivity index is 2.05. The molecule has 5 nitrogen and oxygen atoms in total. The molecular weight excluding hydrogens is 204 g/mol. The third kappa shape index (κ3) is 2.13. The number of rotatable bonds is 4. The first-order chi connectivity index (χ1) is 7.81. The Labute approximate surface area is 93.9 Å². The van der Waals surface area contributed by atoms with Gasteiger partial charge in [-0.2, -0.15) is 0 Å². The molecule has 0 aliphatic rings. The average Bonchev–Trinajstić information content (AvgIpc) is 2.68. The Morgan fingerprint density at radius 3 is 3.00 bits per heavy atom. The number of nitrogens with zero attached hydrogens (tertiary/aromatic N) is 3. The first-order valence-corrected chi connectivity index (χ1v) is 5.14. The molecule has 0 spiro atoms. The highest BCUT2D eigenvalue weighted by atomic mass is 16.5. The lowest BCUT2D eigenvalue weighted by Crippen LogP contribution is -2.08. The van der Waals surface area contributed by atoms with Gasteiger partial charge in [-0.1, -0.05) is 0 Å². The van der Waals surface area contributed by atoms with Gasteiger partial charge in [0.25, 0.3) is 0 Å². The number of nitrogens with two attached hydrogens (primary N) is 1. The first-order valence-electron chi connectivity index (χ1n) is 5.14. The van der Waals surface area contributed by atoms with Crippen molar-refractivity contribution >= 4 is 5.82 Å². The molecule has 84 valence electrons. The molecule has 2 aromatic rings. The van der Waals surface area contributed by atoms with Gasteiger partial charge >= 0.3 is 0 Å². The van der Waals surface area contributed by atoms with Gasteiger partial charge in [0, 0.05) is 12.7 Å². The van der Waals surface area contributed by atoms with Crippen LogP contribution >= 0.6 is 0 Å². The molecule has 0 aromatic carbocycles. The predicted octanol–water partition coefficient (Wildman–Crippen LogP) is 1.46. The van der Waals surface area contributed by atoms with Crippen LogP contribution in [0.3, 0.4) is 0 Å². The fourth-order valence-electron chi connectivity index (χ4n) is 1.49. The average molecular weight is 218 g/mol. The number of hydrogen-bond acceptors (Lipinski definition) is 4. The summed E-state index contributed by atoms with van der Waals surface area (Å²) in [5.74, 6) is 2.21. The molecule has 0 amide bonds. The summed E-state index contributed by atoms with van der Waals surface area (Å²) in [5, 5.41) is 0. The summed E-state index contributed by atoms with van der Waals surface area (Å²) in [7, 11) is 0. The maximum absolute atomic E-state index is 5.75. The van der Waals surface area contributed by atoms with Gasteiger partial charge in [-0.3, -0.25) is 4.98 Å². The third-order valence-corrected chi connectivity index (χ3v) is 2.29. The minimum absolute atomic E-state index is 0.400. The van der Waals surface area contributed by atoms with Gasteiger partial charge in [0.05, 0.1) is 12.4 Å². The van der Waals surface area contributed by atoms with Crippen molar-refractivity contribution in [1.82, 2.24) is 14.5 Å². The van der Waals surface area contributed by atoms with E-state index in [-0.39, 0.29) is 0 Å². The fourth-order valence-corrected chi connectivity index (χ4v) is 1.49. The van der Waals surface area contributed by atoms with Crippen molar-refractivity contribution in [3.05, 3.63) is 36.5 Å². The summed E-state index contributed by atoms with van der Waals surface area (Å²) in [6, 6.07) is 3.69. The van der Waals surface area contributed by atoms with Crippen LogP contribution in [0.4, 0.5) is 5.82 Å². The van der Waals surface area contributed by atoms with Crippen LogP contribution in [0, 0.1) is 0 Å². The molecule has 0 fully saturated rings. The van der Waals surface area contributed by atoms with Crippen molar-refractivity contribution in [3.63, 3.8) is 0 Å². The highest BCUT2D eigenvalue weighted by molar-refractivity contribution is 5.28. The summed E-state index contributed by atoms with van der Waals surface area (Å²) in [5.41, 5.74) is 5.75. The van der Waals surface area contributed by atoms with E-state index in [0.717, 1.165) is 18.1 Å². The fraction of sp³-hybridized carbons (Fsp3) is 0.273. The molecule has 0 saturated carbocycles. The quantitative estimate of drug-likeness (QED) is 0.843. The smallest absolute Gasteiger partial charge is 0.148 e. The highest BCUT2D eigenvalue weighted by Gasteiger charge is 2.06. The maximum atomic E-state index is 5.75. The molecule has 2 rings (SSSR count). The molecule has 0 unspecified atom stereocenters. The van der Waals surface area contributed by atoms with Gasteiger partial charge in [0.15, 0.2) is 0 Å². The standard InChI is InChI=1S/C11H14N4O/c1-2-15-10(12)7-14-11(15)8-16-9-4-3-5-13-6-9/h3-7H,2,8,12H2,1H3. The summed E-state index contributed by atoms with van der Waals surface area (Å²) in [6.45, 7) is 3.21. The largest absolute Gasteiger partial charge is 0.484 e. The van der Waals surface area contributed by atoms with E-state index in [1.807, 2.05) is 23.6 Å². The number of anilines is 1. The van der Waals surface area contributed by atoms with Gasteiger partial charge < -0.3 is 15.0 Å². The van der Waals surface area contributed by atoms with Crippen molar-refractivity contribution in [2.75, 3.05) is 5.73 Å². The lowest BCUT2D eigenvalue weighted by Gasteiger charge is -2.08. The monoisotopic (exact) mass is 218 g/mol. The predicted molar refractivity (Wildman–Crippen MR) is 60.9 cm³/mol. The lowest BCUT2D eigenvalue weighted by atomic mass is 10.5. The molecule has 0 saturated heterocycles. The summed E-state index contributed by atoms with van der Waals surface area (Å²) >= 11 is 0. The van der Waals surface area contributed by atoms with E-state index in [9.17, 15) is 0 Å². The van der Waals surface area contributed by atoms with Crippen molar-refractivity contribution in [2.45, 2.75) is 20.1 Å². The van der Waals surface area contributed by atoms with Crippen LogP contribution in [-0.4, -0.2) is 14.5 Å². The normalized spacial score (nSPS) is 10.3. The molecule has 0 atom stereocenters. The molecule has 16 heavy (non-hydrogen) atoms. The second-order valence-corrected chi connectivity index (χ2v) is 3.32. The van der Waals surface area contributed by atoms with E-state index in [4.69, 9.17) is 10.5 Å². The number of pyridine rings is 1. The Bertz CT molecular complexity index is 452. The number of imidazole rings is 1. The molecule has 0 bridgehead atoms. The Hall–Kier alpha value is -2.04. The Morgan fingerprint density at radius 2 is 2.31 bits per heavy atom. The molecule has 0 radical (unpaired) electrons. The minimum Gasteiger partial charge on any atom is -0.484 e. The van der Waals surface area contributed by atoms with E-state index in [1.54, 1.807) is 18.6 Å². The van der Waals surface area contributed by atoms with Gasteiger partial charge in [-0.15, -0.1) is 0 Å². The van der Waals surface area contributed by atoms with Crippen LogP contribution in [0.15, 0.2) is 30.7 Å². The Morgan fingerprint density at radius 1 is 1.44 bits per heavy atom. The van der Waals surface area contributed by atoms with E-state index in [0.29, 0.717) is 12.4 Å². The topological polar surface area (TPSA) is 66.0 Å². The zero-order valence-electron chi connectivity index (χ0n) is 9.13. The summed E-state index contributed by atoms with van der Waals surface area (Å²) in [4.78, 5) is 8.16. The molecule has 2 heterocycles. The van der Waals surface area contributed by atoms with Crippen LogP contribution in [-0.2, 0) is 13.2 Å². The zero-order valence-corrected chi connectivity index (χ0v) is 9.13. The number of aromatic nitrogens is 3. The molecule has 0 aliphatic heterocycles. The summed E-state index contributed by atoms with van der Waals surface area (Å²) in [6.07, 6.45) is 5.02. The highest BCUT2D eigenvalue weighted by Crippen LogP contribution is 2.12. The lowest BCUT2D eigenvalue weighted by molar-refractivity contribution is 0.289. The first kappa shape index (κ1) is 10.5. The van der Waals surface area contributed by atoms with Crippen molar-refractivity contribution < 1.29 is 4.74 Å².